The molecule has 1 nitrogen and oxygen atoms in total. The standard InChI is InChI=1S/C27H42O/c1-18(2)7-6-8-19(3)23-11-12-24-22-10-9-20-17-21(28)13-15-26(20,4)25(22)14-16-27(23,24)5/h6,8-10,18-19,21,23-25,28H,7,11-17H2,1-5H3/b8-6-. The van der Waals surface area contributed by atoms with Gasteiger partial charge in [0.05, 0.1) is 6.10 Å². The van der Waals surface area contributed by atoms with E-state index in [1.165, 1.54) is 44.1 Å². The molecule has 3 fully saturated rings. The van der Waals surface area contributed by atoms with Crippen LogP contribution in [0.1, 0.15) is 86.0 Å². The minimum absolute atomic E-state index is 0.113. The van der Waals surface area contributed by atoms with Crippen molar-refractivity contribution in [2.45, 2.75) is 92.1 Å². The zero-order valence-corrected chi connectivity index (χ0v) is 18.9. The molecule has 7 unspecified atom stereocenters. The smallest absolute Gasteiger partial charge is 0.0578 e. The lowest BCUT2D eigenvalue weighted by atomic mass is 9.50. The summed E-state index contributed by atoms with van der Waals surface area (Å²) in [6, 6.07) is 0. The maximum atomic E-state index is 10.2. The van der Waals surface area contributed by atoms with E-state index in [1.54, 1.807) is 5.57 Å². The summed E-state index contributed by atoms with van der Waals surface area (Å²) >= 11 is 0. The fourth-order valence-electron chi connectivity index (χ4n) is 7.59. The van der Waals surface area contributed by atoms with Crippen LogP contribution < -0.4 is 0 Å². The predicted octanol–water partition coefficient (Wildman–Crippen LogP) is 7.08. The fraction of sp³-hybridized carbons (Fsp3) is 0.778. The van der Waals surface area contributed by atoms with Gasteiger partial charge in [-0.2, -0.15) is 0 Å². The number of aliphatic hydroxyl groups excluding tert-OH is 1. The summed E-state index contributed by atoms with van der Waals surface area (Å²) in [6.45, 7) is 12.2. The third-order valence-electron chi connectivity index (χ3n) is 9.30. The van der Waals surface area contributed by atoms with Crippen molar-refractivity contribution < 1.29 is 5.11 Å². The van der Waals surface area contributed by atoms with Crippen molar-refractivity contribution in [3.8, 4) is 0 Å². The summed E-state index contributed by atoms with van der Waals surface area (Å²) in [5.74, 6) is 3.78. The molecule has 3 saturated carbocycles. The van der Waals surface area contributed by atoms with Gasteiger partial charge in [-0.15, -0.1) is 0 Å². The summed E-state index contributed by atoms with van der Waals surface area (Å²) in [7, 11) is 0. The van der Waals surface area contributed by atoms with Crippen LogP contribution in [0.5, 0.6) is 0 Å². The molecule has 0 aromatic rings. The van der Waals surface area contributed by atoms with Gasteiger partial charge in [-0.25, -0.2) is 0 Å². The van der Waals surface area contributed by atoms with Gasteiger partial charge >= 0.3 is 0 Å². The quantitative estimate of drug-likeness (QED) is 0.515. The molecule has 0 saturated heterocycles. The average Bonchev–Trinajstić information content (AvgIpc) is 2.99. The van der Waals surface area contributed by atoms with Gasteiger partial charge in [-0.1, -0.05) is 70.1 Å². The molecule has 4 aliphatic carbocycles. The van der Waals surface area contributed by atoms with E-state index in [-0.39, 0.29) is 6.10 Å². The summed E-state index contributed by atoms with van der Waals surface area (Å²) < 4.78 is 0. The highest BCUT2D eigenvalue weighted by atomic mass is 16.3. The first kappa shape index (κ1) is 20.5. The molecule has 0 heterocycles. The zero-order valence-electron chi connectivity index (χ0n) is 18.9. The topological polar surface area (TPSA) is 20.2 Å². The zero-order chi connectivity index (χ0) is 20.1. The molecule has 4 rings (SSSR count). The van der Waals surface area contributed by atoms with E-state index in [0.717, 1.165) is 36.5 Å². The molecule has 0 aliphatic heterocycles. The number of fused-ring (bicyclic) bond motifs is 5. The first-order valence-electron chi connectivity index (χ1n) is 12.0. The van der Waals surface area contributed by atoms with E-state index >= 15 is 0 Å². The Balaban J connectivity index is 1.57. The SMILES string of the molecule is CC(C)C/C=C\C(C)C1CCC2C3=CC=C4CC(O)CCC4(C)C3CCC21C. The van der Waals surface area contributed by atoms with E-state index in [2.05, 4.69) is 58.9 Å². The number of aliphatic hydroxyl groups is 1. The second kappa shape index (κ2) is 7.46. The number of allylic oxidation sites excluding steroid dienone is 5. The monoisotopic (exact) mass is 382 g/mol. The summed E-state index contributed by atoms with van der Waals surface area (Å²) in [5, 5.41) is 10.2. The van der Waals surface area contributed by atoms with E-state index in [0.29, 0.717) is 16.7 Å². The lowest BCUT2D eigenvalue weighted by molar-refractivity contribution is 0.0383. The second-order valence-electron chi connectivity index (χ2n) is 11.4. The Morgan fingerprint density at radius 3 is 2.57 bits per heavy atom. The summed E-state index contributed by atoms with van der Waals surface area (Å²) in [4.78, 5) is 0. The maximum Gasteiger partial charge on any atom is 0.0578 e. The largest absolute Gasteiger partial charge is 0.393 e. The fourth-order valence-corrected chi connectivity index (χ4v) is 7.59. The van der Waals surface area contributed by atoms with Crippen LogP contribution in [0.25, 0.3) is 0 Å². The predicted molar refractivity (Wildman–Crippen MR) is 119 cm³/mol. The van der Waals surface area contributed by atoms with Crippen molar-refractivity contribution in [1.82, 2.24) is 0 Å². The Kier molecular flexibility index (Phi) is 5.45. The van der Waals surface area contributed by atoms with Gasteiger partial charge < -0.3 is 5.11 Å². The summed E-state index contributed by atoms with van der Waals surface area (Å²) in [5.41, 5.74) is 4.09. The molecule has 7 atom stereocenters. The Bertz CT molecular complexity index is 682. The van der Waals surface area contributed by atoms with Crippen LogP contribution in [0, 0.1) is 40.4 Å². The molecular weight excluding hydrogens is 340 g/mol. The molecule has 156 valence electrons. The van der Waals surface area contributed by atoms with E-state index in [4.69, 9.17) is 0 Å². The third-order valence-corrected chi connectivity index (χ3v) is 9.30. The average molecular weight is 383 g/mol. The van der Waals surface area contributed by atoms with Gasteiger partial charge in [-0.3, -0.25) is 0 Å². The molecule has 1 heteroatoms. The van der Waals surface area contributed by atoms with Gasteiger partial charge in [0.25, 0.3) is 0 Å². The van der Waals surface area contributed by atoms with Crippen LogP contribution in [-0.2, 0) is 0 Å². The summed E-state index contributed by atoms with van der Waals surface area (Å²) in [6.07, 6.45) is 19.6. The minimum atomic E-state index is -0.113. The Morgan fingerprint density at radius 1 is 1.04 bits per heavy atom. The molecule has 4 aliphatic rings. The molecular formula is C27H42O. The van der Waals surface area contributed by atoms with Gasteiger partial charge in [0.15, 0.2) is 0 Å². The van der Waals surface area contributed by atoms with E-state index in [9.17, 15) is 5.11 Å². The number of hydrogen-bond acceptors (Lipinski definition) is 1. The van der Waals surface area contributed by atoms with Crippen molar-refractivity contribution in [1.29, 1.82) is 0 Å². The van der Waals surface area contributed by atoms with Crippen LogP contribution in [0.2, 0.25) is 0 Å². The van der Waals surface area contributed by atoms with Crippen LogP contribution in [0.15, 0.2) is 35.5 Å². The van der Waals surface area contributed by atoms with Gasteiger partial charge in [-0.05, 0) is 91.8 Å². The molecule has 0 amide bonds. The molecule has 0 radical (unpaired) electrons. The Hall–Kier alpha value is -0.820. The normalized spacial score (nSPS) is 44.0. The van der Waals surface area contributed by atoms with Crippen molar-refractivity contribution >= 4 is 0 Å². The van der Waals surface area contributed by atoms with Crippen molar-refractivity contribution in [2.24, 2.45) is 40.4 Å². The first-order valence-corrected chi connectivity index (χ1v) is 12.0. The van der Waals surface area contributed by atoms with Gasteiger partial charge in [0, 0.05) is 0 Å². The van der Waals surface area contributed by atoms with Crippen LogP contribution in [0.4, 0.5) is 0 Å². The van der Waals surface area contributed by atoms with Crippen molar-refractivity contribution in [3.05, 3.63) is 35.5 Å². The maximum absolute atomic E-state index is 10.2. The third kappa shape index (κ3) is 3.26. The molecule has 28 heavy (non-hydrogen) atoms. The highest BCUT2D eigenvalue weighted by Gasteiger charge is 2.56. The molecule has 0 spiro atoms. The van der Waals surface area contributed by atoms with E-state index < -0.39 is 0 Å². The Labute approximate surface area is 173 Å². The second-order valence-corrected chi connectivity index (χ2v) is 11.4. The Morgan fingerprint density at radius 2 is 1.82 bits per heavy atom. The van der Waals surface area contributed by atoms with Crippen LogP contribution >= 0.6 is 0 Å². The minimum Gasteiger partial charge on any atom is -0.393 e. The highest BCUT2D eigenvalue weighted by Crippen LogP contribution is 2.65. The van der Waals surface area contributed by atoms with E-state index in [1.807, 2.05) is 0 Å². The van der Waals surface area contributed by atoms with Crippen LogP contribution in [-0.4, -0.2) is 11.2 Å². The highest BCUT2D eigenvalue weighted by molar-refractivity contribution is 5.39. The lowest BCUT2D eigenvalue weighted by Crippen LogP contribution is -2.46. The molecule has 1 N–H and O–H groups in total. The van der Waals surface area contributed by atoms with Crippen molar-refractivity contribution in [3.63, 3.8) is 0 Å². The molecule has 0 aromatic heterocycles. The number of rotatable bonds is 4. The number of hydrogen-bond donors (Lipinski definition) is 1. The van der Waals surface area contributed by atoms with Gasteiger partial charge in [0.2, 0.25) is 0 Å². The molecule has 0 aromatic carbocycles. The van der Waals surface area contributed by atoms with Crippen LogP contribution in [0.3, 0.4) is 0 Å². The van der Waals surface area contributed by atoms with Crippen molar-refractivity contribution in [2.75, 3.05) is 0 Å². The first-order chi connectivity index (χ1) is 13.3. The van der Waals surface area contributed by atoms with Gasteiger partial charge in [0.1, 0.15) is 0 Å². The lowest BCUT2D eigenvalue weighted by Gasteiger charge is -2.55. The molecule has 0 bridgehead atoms.